The Morgan fingerprint density at radius 1 is 1.14 bits per heavy atom. The number of amides is 1. The lowest BCUT2D eigenvalue weighted by Gasteiger charge is -2.22. The third-order valence-corrected chi connectivity index (χ3v) is 4.75. The van der Waals surface area contributed by atoms with Gasteiger partial charge >= 0.3 is 6.18 Å². The number of nitrogens with two attached hydrogens (primary N) is 1. The fourth-order valence-corrected chi connectivity index (χ4v) is 3.32. The summed E-state index contributed by atoms with van der Waals surface area (Å²) >= 11 is 0. The summed E-state index contributed by atoms with van der Waals surface area (Å²) in [6, 6.07) is 11.8. The van der Waals surface area contributed by atoms with Crippen molar-refractivity contribution in [1.29, 1.82) is 0 Å². The highest BCUT2D eigenvalue weighted by atomic mass is 19.4. The van der Waals surface area contributed by atoms with Crippen LogP contribution in [-0.4, -0.2) is 15.5 Å². The van der Waals surface area contributed by atoms with E-state index in [1.165, 1.54) is 4.57 Å². The number of hydrogen-bond acceptors (Lipinski definition) is 3. The Balaban J connectivity index is 2.31. The third kappa shape index (κ3) is 4.16. The van der Waals surface area contributed by atoms with Crippen LogP contribution in [0, 0.1) is 5.92 Å². The number of benzene rings is 2. The fourth-order valence-electron chi connectivity index (χ4n) is 3.32. The highest BCUT2D eigenvalue weighted by Crippen LogP contribution is 2.31. The molecule has 0 bridgehead atoms. The summed E-state index contributed by atoms with van der Waals surface area (Å²) in [7, 11) is 0. The van der Waals surface area contributed by atoms with E-state index < -0.39 is 29.1 Å². The van der Waals surface area contributed by atoms with Crippen LogP contribution in [0.1, 0.15) is 36.7 Å². The van der Waals surface area contributed by atoms with Gasteiger partial charge in [-0.2, -0.15) is 13.2 Å². The molecule has 0 aliphatic carbocycles. The van der Waals surface area contributed by atoms with E-state index in [4.69, 9.17) is 5.73 Å². The number of alkyl halides is 3. The van der Waals surface area contributed by atoms with Gasteiger partial charge in [0, 0.05) is 0 Å². The molecular formula is C21H20F3N3O2. The van der Waals surface area contributed by atoms with Crippen molar-refractivity contribution >= 4 is 16.8 Å². The first-order chi connectivity index (χ1) is 13.6. The molecule has 152 valence electrons. The number of carbonyl (C=O) groups is 1. The summed E-state index contributed by atoms with van der Waals surface area (Å²) < 4.78 is 40.7. The van der Waals surface area contributed by atoms with E-state index >= 15 is 0 Å². The van der Waals surface area contributed by atoms with Gasteiger partial charge < -0.3 is 5.73 Å². The molecule has 8 heteroatoms. The predicted octanol–water partition coefficient (Wildman–Crippen LogP) is 3.69. The summed E-state index contributed by atoms with van der Waals surface area (Å²) in [5.41, 5.74) is 4.79. The Hall–Kier alpha value is -3.16. The number of hydrogen-bond donors (Lipinski definition) is 1. The van der Waals surface area contributed by atoms with Crippen LogP contribution in [0.4, 0.5) is 13.2 Å². The monoisotopic (exact) mass is 403 g/mol. The molecule has 1 heterocycles. The fraction of sp³-hybridized carbons (Fsp3) is 0.286. The minimum atomic E-state index is -4.57. The van der Waals surface area contributed by atoms with E-state index in [2.05, 4.69) is 4.98 Å². The van der Waals surface area contributed by atoms with Crippen LogP contribution in [-0.2, 0) is 17.5 Å². The van der Waals surface area contributed by atoms with E-state index in [0.29, 0.717) is 0 Å². The number of carbonyl (C=O) groups excluding carboxylic acids is 1. The van der Waals surface area contributed by atoms with E-state index in [-0.39, 0.29) is 29.2 Å². The Labute approximate surface area is 165 Å². The molecule has 0 saturated heterocycles. The molecule has 1 atom stereocenters. The molecule has 0 saturated carbocycles. The van der Waals surface area contributed by atoms with E-state index in [1.807, 2.05) is 18.2 Å². The number of aromatic nitrogens is 2. The first-order valence-electron chi connectivity index (χ1n) is 9.04. The molecule has 5 nitrogen and oxygen atoms in total. The number of nitrogens with zero attached hydrogens (tertiary/aromatic N) is 2. The lowest BCUT2D eigenvalue weighted by molar-refractivity contribution is -0.137. The Bertz CT molecular complexity index is 1110. The molecule has 2 N–H and O–H groups in total. The molecule has 3 aromatic rings. The SMILES string of the molecule is CC(C)C(C(N)=O)c1nc2cc(C(F)(F)F)ccc2c(=O)n1Cc1ccccc1. The van der Waals surface area contributed by atoms with Gasteiger partial charge in [-0.15, -0.1) is 0 Å². The zero-order chi connectivity index (χ0) is 21.3. The normalized spacial score (nSPS) is 13.0. The van der Waals surface area contributed by atoms with Gasteiger partial charge in [0.1, 0.15) is 5.82 Å². The molecule has 29 heavy (non-hydrogen) atoms. The van der Waals surface area contributed by atoms with E-state index in [1.54, 1.807) is 26.0 Å². The molecule has 2 aromatic carbocycles. The zero-order valence-corrected chi connectivity index (χ0v) is 15.9. The van der Waals surface area contributed by atoms with Crippen molar-refractivity contribution in [2.24, 2.45) is 11.7 Å². The van der Waals surface area contributed by atoms with Crippen LogP contribution in [0.3, 0.4) is 0 Å². The minimum Gasteiger partial charge on any atom is -0.369 e. The maximum absolute atomic E-state index is 13.2. The van der Waals surface area contributed by atoms with Gasteiger partial charge in [-0.1, -0.05) is 44.2 Å². The molecular weight excluding hydrogens is 383 g/mol. The maximum atomic E-state index is 13.2. The largest absolute Gasteiger partial charge is 0.416 e. The van der Waals surface area contributed by atoms with Crippen molar-refractivity contribution < 1.29 is 18.0 Å². The van der Waals surface area contributed by atoms with Gasteiger partial charge in [0.25, 0.3) is 5.56 Å². The molecule has 1 amide bonds. The second-order valence-corrected chi connectivity index (χ2v) is 7.20. The number of primary amides is 1. The van der Waals surface area contributed by atoms with Crippen LogP contribution in [0.2, 0.25) is 0 Å². The molecule has 0 aliphatic heterocycles. The first kappa shape index (κ1) is 20.6. The highest BCUT2D eigenvalue weighted by molar-refractivity contribution is 5.83. The summed E-state index contributed by atoms with van der Waals surface area (Å²) in [5.74, 6) is -1.86. The van der Waals surface area contributed by atoms with E-state index in [0.717, 1.165) is 23.8 Å². The molecule has 3 rings (SSSR count). The smallest absolute Gasteiger partial charge is 0.369 e. The zero-order valence-electron chi connectivity index (χ0n) is 15.9. The second kappa shape index (κ2) is 7.69. The highest BCUT2D eigenvalue weighted by Gasteiger charge is 2.32. The Kier molecular flexibility index (Phi) is 5.46. The predicted molar refractivity (Wildman–Crippen MR) is 103 cm³/mol. The summed E-state index contributed by atoms with van der Waals surface area (Å²) in [6.45, 7) is 3.60. The molecule has 1 aromatic heterocycles. The van der Waals surface area contributed by atoms with Crippen molar-refractivity contribution in [1.82, 2.24) is 9.55 Å². The van der Waals surface area contributed by atoms with Crippen LogP contribution >= 0.6 is 0 Å². The van der Waals surface area contributed by atoms with Gasteiger partial charge in [0.2, 0.25) is 5.91 Å². The average molecular weight is 403 g/mol. The number of rotatable bonds is 5. The molecule has 0 spiro atoms. The Morgan fingerprint density at radius 3 is 2.34 bits per heavy atom. The second-order valence-electron chi connectivity index (χ2n) is 7.20. The maximum Gasteiger partial charge on any atom is 0.416 e. The van der Waals surface area contributed by atoms with Gasteiger partial charge in [-0.3, -0.25) is 14.2 Å². The minimum absolute atomic E-state index is 0.0460. The Morgan fingerprint density at radius 2 is 1.79 bits per heavy atom. The lowest BCUT2D eigenvalue weighted by Crippen LogP contribution is -2.34. The molecule has 1 unspecified atom stereocenters. The van der Waals surface area contributed by atoms with E-state index in [9.17, 15) is 22.8 Å². The van der Waals surface area contributed by atoms with Gasteiger partial charge in [-0.05, 0) is 29.7 Å². The van der Waals surface area contributed by atoms with Crippen molar-refractivity contribution in [3.63, 3.8) is 0 Å². The van der Waals surface area contributed by atoms with Gasteiger partial charge in [-0.25, -0.2) is 4.98 Å². The van der Waals surface area contributed by atoms with Crippen molar-refractivity contribution in [2.75, 3.05) is 0 Å². The lowest BCUT2D eigenvalue weighted by atomic mass is 9.93. The van der Waals surface area contributed by atoms with Gasteiger partial charge in [0.15, 0.2) is 0 Å². The van der Waals surface area contributed by atoms with Crippen molar-refractivity contribution in [2.45, 2.75) is 32.5 Å². The molecule has 0 radical (unpaired) electrons. The first-order valence-corrected chi connectivity index (χ1v) is 9.04. The van der Waals surface area contributed by atoms with Crippen LogP contribution in [0.25, 0.3) is 10.9 Å². The summed E-state index contributed by atoms with van der Waals surface area (Å²) in [6.07, 6.45) is -4.57. The topological polar surface area (TPSA) is 78.0 Å². The standard InChI is InChI=1S/C21H20F3N3O2/c1-12(2)17(18(25)28)19-26-16-10-14(21(22,23)24)8-9-15(16)20(29)27(19)11-13-6-4-3-5-7-13/h3-10,12,17H,11H2,1-2H3,(H2,25,28). The third-order valence-electron chi connectivity index (χ3n) is 4.75. The average Bonchev–Trinajstić information content (AvgIpc) is 2.64. The molecule has 0 aliphatic rings. The number of fused-ring (bicyclic) bond motifs is 1. The molecule has 0 fully saturated rings. The number of halogens is 3. The van der Waals surface area contributed by atoms with Crippen LogP contribution in [0.15, 0.2) is 53.3 Å². The van der Waals surface area contributed by atoms with Crippen molar-refractivity contribution in [3.8, 4) is 0 Å². The quantitative estimate of drug-likeness (QED) is 0.706. The van der Waals surface area contributed by atoms with Gasteiger partial charge in [0.05, 0.1) is 28.9 Å². The van der Waals surface area contributed by atoms with Crippen LogP contribution < -0.4 is 11.3 Å². The summed E-state index contributed by atoms with van der Waals surface area (Å²) in [5, 5.41) is 0.0460. The van der Waals surface area contributed by atoms with Crippen LogP contribution in [0.5, 0.6) is 0 Å². The summed E-state index contributed by atoms with van der Waals surface area (Å²) in [4.78, 5) is 29.6. The van der Waals surface area contributed by atoms with Crippen molar-refractivity contribution in [3.05, 3.63) is 75.8 Å².